The van der Waals surface area contributed by atoms with Crippen LogP contribution in [0.4, 0.5) is 4.39 Å². The first-order valence-electron chi connectivity index (χ1n) is 7.57. The molecular formula is C16H20FN3OS. The first-order valence-corrected chi connectivity index (χ1v) is 8.56. The molecule has 1 heterocycles. The highest BCUT2D eigenvalue weighted by Crippen LogP contribution is 2.40. The molecule has 1 aromatic heterocycles. The summed E-state index contributed by atoms with van der Waals surface area (Å²) in [5.41, 5.74) is 0.718. The second-order valence-corrected chi connectivity index (χ2v) is 6.96. The molecule has 1 aliphatic rings. The molecule has 1 fully saturated rings. The van der Waals surface area contributed by atoms with Crippen molar-refractivity contribution in [3.63, 3.8) is 0 Å². The molecule has 0 aliphatic heterocycles. The average molecular weight is 321 g/mol. The number of aliphatic hydroxyl groups excluding tert-OH is 1. The van der Waals surface area contributed by atoms with Gasteiger partial charge in [0.1, 0.15) is 11.6 Å². The largest absolute Gasteiger partial charge is 0.388 e. The monoisotopic (exact) mass is 321 g/mol. The van der Waals surface area contributed by atoms with Crippen LogP contribution in [-0.2, 0) is 0 Å². The number of hydrogen-bond donors (Lipinski definition) is 1. The maximum atomic E-state index is 12.9. The van der Waals surface area contributed by atoms with Crippen molar-refractivity contribution < 1.29 is 9.50 Å². The molecule has 4 nitrogen and oxygen atoms in total. The quantitative estimate of drug-likeness (QED) is 0.824. The van der Waals surface area contributed by atoms with Gasteiger partial charge in [0, 0.05) is 17.7 Å². The van der Waals surface area contributed by atoms with E-state index in [9.17, 15) is 9.50 Å². The Morgan fingerprint density at radius 3 is 2.55 bits per heavy atom. The van der Waals surface area contributed by atoms with Gasteiger partial charge in [0.25, 0.3) is 0 Å². The summed E-state index contributed by atoms with van der Waals surface area (Å²) in [5.74, 6) is 1.54. The lowest BCUT2D eigenvalue weighted by atomic mass is 10.1. The summed E-state index contributed by atoms with van der Waals surface area (Å²) in [4.78, 5) is 0. The minimum Gasteiger partial charge on any atom is -0.388 e. The summed E-state index contributed by atoms with van der Waals surface area (Å²) >= 11 is 1.51. The highest BCUT2D eigenvalue weighted by molar-refractivity contribution is 7.99. The van der Waals surface area contributed by atoms with Crippen LogP contribution in [0.15, 0.2) is 29.4 Å². The van der Waals surface area contributed by atoms with Crippen molar-refractivity contribution in [1.29, 1.82) is 0 Å². The van der Waals surface area contributed by atoms with E-state index in [1.54, 1.807) is 12.1 Å². The Morgan fingerprint density at radius 1 is 1.27 bits per heavy atom. The Balaban J connectivity index is 1.70. The lowest BCUT2D eigenvalue weighted by Gasteiger charge is -2.13. The fourth-order valence-electron chi connectivity index (χ4n) is 2.39. The molecule has 0 amide bonds. The molecule has 118 valence electrons. The van der Waals surface area contributed by atoms with E-state index in [4.69, 9.17) is 0 Å². The predicted molar refractivity (Wildman–Crippen MR) is 84.5 cm³/mol. The number of nitrogens with zero attached hydrogens (tertiary/aromatic N) is 3. The SMILES string of the molecule is CC(C)c1nnc(SC[C@H](O)c2ccc(F)cc2)n1C1CC1. The Morgan fingerprint density at radius 2 is 1.95 bits per heavy atom. The molecule has 1 aliphatic carbocycles. The Bertz CT molecular complexity index is 637. The summed E-state index contributed by atoms with van der Waals surface area (Å²) in [6, 6.07) is 6.48. The number of rotatable bonds is 6. The number of thioether (sulfide) groups is 1. The standard InChI is InChI=1S/C16H20FN3OS/c1-10(2)15-18-19-16(20(15)13-7-8-13)22-9-14(21)11-3-5-12(17)6-4-11/h3-6,10,13-14,21H,7-9H2,1-2H3/t14-/m0/s1. The molecule has 2 aromatic rings. The Hall–Kier alpha value is -1.40. The molecule has 1 atom stereocenters. The zero-order valence-corrected chi connectivity index (χ0v) is 13.6. The van der Waals surface area contributed by atoms with Crippen LogP contribution in [0, 0.1) is 5.82 Å². The van der Waals surface area contributed by atoms with E-state index < -0.39 is 6.10 Å². The van der Waals surface area contributed by atoms with Crippen LogP contribution in [0.1, 0.15) is 56.1 Å². The van der Waals surface area contributed by atoms with E-state index in [-0.39, 0.29) is 5.82 Å². The topological polar surface area (TPSA) is 50.9 Å². The highest BCUT2D eigenvalue weighted by atomic mass is 32.2. The lowest BCUT2D eigenvalue weighted by molar-refractivity contribution is 0.204. The van der Waals surface area contributed by atoms with Crippen LogP contribution in [0.3, 0.4) is 0 Å². The molecular weight excluding hydrogens is 301 g/mol. The maximum absolute atomic E-state index is 12.9. The van der Waals surface area contributed by atoms with Crippen LogP contribution in [-0.4, -0.2) is 25.6 Å². The Labute approximate surface area is 133 Å². The van der Waals surface area contributed by atoms with Crippen LogP contribution in [0.2, 0.25) is 0 Å². The van der Waals surface area contributed by atoms with Crippen LogP contribution in [0.5, 0.6) is 0 Å². The molecule has 3 rings (SSSR count). The molecule has 0 saturated heterocycles. The summed E-state index contributed by atoms with van der Waals surface area (Å²) < 4.78 is 15.1. The zero-order valence-electron chi connectivity index (χ0n) is 12.7. The van der Waals surface area contributed by atoms with Crippen molar-refractivity contribution in [3.05, 3.63) is 41.5 Å². The number of aliphatic hydroxyl groups is 1. The molecule has 1 saturated carbocycles. The van der Waals surface area contributed by atoms with Gasteiger partial charge in [0.15, 0.2) is 5.16 Å². The van der Waals surface area contributed by atoms with E-state index >= 15 is 0 Å². The second kappa shape index (κ2) is 6.38. The van der Waals surface area contributed by atoms with Crippen molar-refractivity contribution in [3.8, 4) is 0 Å². The van der Waals surface area contributed by atoms with E-state index in [2.05, 4.69) is 28.6 Å². The third-order valence-electron chi connectivity index (χ3n) is 3.74. The first kappa shape index (κ1) is 15.5. The lowest BCUT2D eigenvalue weighted by Crippen LogP contribution is -2.06. The first-order chi connectivity index (χ1) is 10.6. The second-order valence-electron chi connectivity index (χ2n) is 5.98. The molecule has 0 bridgehead atoms. The van der Waals surface area contributed by atoms with Gasteiger partial charge < -0.3 is 9.67 Å². The van der Waals surface area contributed by atoms with Gasteiger partial charge in [0.05, 0.1) is 6.10 Å². The maximum Gasteiger partial charge on any atom is 0.191 e. The minimum atomic E-state index is -0.641. The Kier molecular flexibility index (Phi) is 4.49. The molecule has 1 aromatic carbocycles. The van der Waals surface area contributed by atoms with Gasteiger partial charge in [-0.3, -0.25) is 0 Å². The van der Waals surface area contributed by atoms with Gasteiger partial charge in [-0.2, -0.15) is 0 Å². The number of benzene rings is 1. The van der Waals surface area contributed by atoms with Gasteiger partial charge >= 0.3 is 0 Å². The molecule has 6 heteroatoms. The fourth-order valence-corrected chi connectivity index (χ4v) is 3.37. The van der Waals surface area contributed by atoms with Gasteiger partial charge in [-0.05, 0) is 30.5 Å². The molecule has 0 spiro atoms. The van der Waals surface area contributed by atoms with Gasteiger partial charge in [0.2, 0.25) is 0 Å². The van der Waals surface area contributed by atoms with Crippen molar-refractivity contribution in [2.75, 3.05) is 5.75 Å². The zero-order chi connectivity index (χ0) is 15.7. The molecule has 0 radical (unpaired) electrons. The van der Waals surface area contributed by atoms with Crippen molar-refractivity contribution in [2.45, 2.75) is 49.9 Å². The molecule has 1 N–H and O–H groups in total. The van der Waals surface area contributed by atoms with Crippen molar-refractivity contribution >= 4 is 11.8 Å². The van der Waals surface area contributed by atoms with Crippen LogP contribution >= 0.6 is 11.8 Å². The summed E-state index contributed by atoms with van der Waals surface area (Å²) in [7, 11) is 0. The number of aromatic nitrogens is 3. The van der Waals surface area contributed by atoms with E-state index in [1.165, 1.54) is 36.7 Å². The number of halogens is 1. The van der Waals surface area contributed by atoms with Gasteiger partial charge in [-0.15, -0.1) is 10.2 Å². The van der Waals surface area contributed by atoms with Crippen LogP contribution in [0.25, 0.3) is 0 Å². The normalized spacial score (nSPS) is 16.2. The van der Waals surface area contributed by atoms with Crippen LogP contribution < -0.4 is 0 Å². The minimum absolute atomic E-state index is 0.293. The van der Waals surface area contributed by atoms with E-state index in [0.717, 1.165) is 16.5 Å². The molecule has 0 unspecified atom stereocenters. The number of hydrogen-bond acceptors (Lipinski definition) is 4. The molecule has 22 heavy (non-hydrogen) atoms. The fraction of sp³-hybridized carbons (Fsp3) is 0.500. The average Bonchev–Trinajstić information content (AvgIpc) is 3.24. The summed E-state index contributed by atoms with van der Waals surface area (Å²) in [6.45, 7) is 4.23. The third-order valence-corrected chi connectivity index (χ3v) is 4.76. The van der Waals surface area contributed by atoms with E-state index in [0.29, 0.717) is 17.7 Å². The highest BCUT2D eigenvalue weighted by Gasteiger charge is 2.30. The summed E-state index contributed by atoms with van der Waals surface area (Å²) in [5, 5.41) is 19.7. The predicted octanol–water partition coefficient (Wildman–Crippen LogP) is 3.70. The van der Waals surface area contributed by atoms with Crippen molar-refractivity contribution in [2.24, 2.45) is 0 Å². The van der Waals surface area contributed by atoms with Crippen molar-refractivity contribution in [1.82, 2.24) is 14.8 Å². The van der Waals surface area contributed by atoms with Gasteiger partial charge in [-0.1, -0.05) is 37.7 Å². The smallest absolute Gasteiger partial charge is 0.191 e. The van der Waals surface area contributed by atoms with Gasteiger partial charge in [-0.25, -0.2) is 4.39 Å². The summed E-state index contributed by atoms with van der Waals surface area (Å²) in [6.07, 6.45) is 1.70. The third kappa shape index (κ3) is 3.33. The van der Waals surface area contributed by atoms with E-state index in [1.807, 2.05) is 0 Å².